The van der Waals surface area contributed by atoms with Crippen LogP contribution in [0.4, 0.5) is 4.79 Å². The summed E-state index contributed by atoms with van der Waals surface area (Å²) in [5.74, 6) is -1.44. The van der Waals surface area contributed by atoms with E-state index in [-0.39, 0.29) is 17.8 Å². The molecule has 3 rings (SSSR count). The van der Waals surface area contributed by atoms with Crippen molar-refractivity contribution in [1.82, 2.24) is 10.2 Å². The molecule has 1 aliphatic rings. The summed E-state index contributed by atoms with van der Waals surface area (Å²) in [4.78, 5) is 36.5. The average Bonchev–Trinajstić information content (AvgIpc) is 2.85. The minimum atomic E-state index is -1.02. The van der Waals surface area contributed by atoms with Gasteiger partial charge in [-0.2, -0.15) is 0 Å². The number of rotatable bonds is 4. The van der Waals surface area contributed by atoms with Crippen LogP contribution in [0.15, 0.2) is 58.7 Å². The summed E-state index contributed by atoms with van der Waals surface area (Å²) in [5, 5.41) is 11.4. The zero-order valence-electron chi connectivity index (χ0n) is 12.9. The zero-order chi connectivity index (χ0) is 18.0. The first kappa shape index (κ1) is 16.9. The van der Waals surface area contributed by atoms with E-state index in [1.165, 1.54) is 18.2 Å². The Morgan fingerprint density at radius 3 is 2.32 bits per heavy atom. The number of urea groups is 1. The molecule has 126 valence electrons. The number of carboxylic acids is 1. The number of carboxylic acid groups (broad SMARTS) is 1. The molecule has 25 heavy (non-hydrogen) atoms. The van der Waals surface area contributed by atoms with Crippen molar-refractivity contribution in [2.75, 3.05) is 0 Å². The van der Waals surface area contributed by atoms with Crippen LogP contribution < -0.4 is 5.32 Å². The van der Waals surface area contributed by atoms with Gasteiger partial charge in [-0.25, -0.2) is 9.59 Å². The van der Waals surface area contributed by atoms with Gasteiger partial charge in [0.25, 0.3) is 5.91 Å². The summed E-state index contributed by atoms with van der Waals surface area (Å²) in [6, 6.07) is 12.9. The first-order valence-electron chi connectivity index (χ1n) is 7.36. The van der Waals surface area contributed by atoms with Crippen LogP contribution in [0.1, 0.15) is 21.5 Å². The molecule has 2 N–H and O–H groups in total. The van der Waals surface area contributed by atoms with Crippen molar-refractivity contribution < 1.29 is 19.5 Å². The summed E-state index contributed by atoms with van der Waals surface area (Å²) in [6.07, 6.45) is 1.52. The number of imide groups is 1. The number of nitrogens with one attached hydrogen (secondary N) is 1. The number of hydrogen-bond acceptors (Lipinski definition) is 3. The van der Waals surface area contributed by atoms with E-state index in [9.17, 15) is 14.4 Å². The number of carbonyl (C=O) groups excluding carboxylic acids is 2. The Balaban J connectivity index is 1.78. The smallest absolute Gasteiger partial charge is 0.335 e. The van der Waals surface area contributed by atoms with Crippen LogP contribution >= 0.6 is 15.9 Å². The van der Waals surface area contributed by atoms with Gasteiger partial charge >= 0.3 is 12.0 Å². The molecule has 0 atom stereocenters. The summed E-state index contributed by atoms with van der Waals surface area (Å²) < 4.78 is 0.916. The highest BCUT2D eigenvalue weighted by molar-refractivity contribution is 9.10. The minimum Gasteiger partial charge on any atom is -0.478 e. The maximum Gasteiger partial charge on any atom is 0.335 e. The Hall–Kier alpha value is -2.93. The number of carbonyl (C=O) groups is 3. The second-order valence-electron chi connectivity index (χ2n) is 5.43. The maximum atomic E-state index is 12.4. The van der Waals surface area contributed by atoms with Gasteiger partial charge in [0.1, 0.15) is 5.70 Å². The molecule has 1 heterocycles. The van der Waals surface area contributed by atoms with Gasteiger partial charge in [0.2, 0.25) is 0 Å². The molecule has 0 saturated carbocycles. The van der Waals surface area contributed by atoms with Crippen molar-refractivity contribution in [2.45, 2.75) is 6.54 Å². The van der Waals surface area contributed by atoms with Gasteiger partial charge in [-0.3, -0.25) is 9.69 Å². The summed E-state index contributed by atoms with van der Waals surface area (Å²) in [5.41, 5.74) is 1.77. The van der Waals surface area contributed by atoms with Crippen LogP contribution in [-0.4, -0.2) is 27.9 Å². The monoisotopic (exact) mass is 400 g/mol. The van der Waals surface area contributed by atoms with E-state index in [0.29, 0.717) is 5.56 Å². The number of hydrogen-bond donors (Lipinski definition) is 2. The Morgan fingerprint density at radius 1 is 1.08 bits per heavy atom. The highest BCUT2D eigenvalue weighted by Gasteiger charge is 2.33. The fourth-order valence-corrected chi connectivity index (χ4v) is 2.64. The lowest BCUT2D eigenvalue weighted by molar-refractivity contribution is -0.123. The quantitative estimate of drug-likeness (QED) is 0.609. The molecule has 1 saturated heterocycles. The maximum absolute atomic E-state index is 12.4. The normalized spacial score (nSPS) is 15.6. The molecule has 1 aliphatic heterocycles. The molecule has 0 radical (unpaired) electrons. The van der Waals surface area contributed by atoms with E-state index in [2.05, 4.69) is 21.2 Å². The predicted molar refractivity (Wildman–Crippen MR) is 94.6 cm³/mol. The summed E-state index contributed by atoms with van der Waals surface area (Å²) >= 11 is 3.34. The molecular formula is C18H13BrN2O4. The van der Waals surface area contributed by atoms with Gasteiger partial charge < -0.3 is 10.4 Å². The van der Waals surface area contributed by atoms with Gasteiger partial charge in [-0.1, -0.05) is 40.2 Å². The third-order valence-electron chi connectivity index (χ3n) is 3.68. The first-order valence-corrected chi connectivity index (χ1v) is 8.16. The Morgan fingerprint density at radius 2 is 1.72 bits per heavy atom. The standard InChI is InChI=1S/C18H13BrN2O4/c19-14-7-3-12(4-8-14)10-21-16(22)15(20-18(21)25)9-11-1-5-13(6-2-11)17(23)24/h1-9H,10H2,(H,20,25)(H,23,24). The van der Waals surface area contributed by atoms with Crippen LogP contribution in [0.3, 0.4) is 0 Å². The predicted octanol–water partition coefficient (Wildman–Crippen LogP) is 3.24. The molecule has 2 aromatic rings. The van der Waals surface area contributed by atoms with E-state index in [1.807, 2.05) is 24.3 Å². The summed E-state index contributed by atoms with van der Waals surface area (Å²) in [7, 11) is 0. The Labute approximate surface area is 151 Å². The molecule has 6 nitrogen and oxygen atoms in total. The first-order chi connectivity index (χ1) is 11.9. The topological polar surface area (TPSA) is 86.7 Å². The van der Waals surface area contributed by atoms with E-state index >= 15 is 0 Å². The van der Waals surface area contributed by atoms with Crippen LogP contribution in [0, 0.1) is 0 Å². The molecular weight excluding hydrogens is 388 g/mol. The third kappa shape index (κ3) is 3.77. The Bertz CT molecular complexity index is 873. The molecule has 0 bridgehead atoms. The lowest BCUT2D eigenvalue weighted by atomic mass is 10.1. The fraction of sp³-hybridized carbons (Fsp3) is 0.0556. The van der Waals surface area contributed by atoms with Crippen molar-refractivity contribution in [3.63, 3.8) is 0 Å². The highest BCUT2D eigenvalue weighted by Crippen LogP contribution is 2.18. The summed E-state index contributed by atoms with van der Waals surface area (Å²) in [6.45, 7) is 0.174. The van der Waals surface area contributed by atoms with E-state index in [4.69, 9.17) is 5.11 Å². The number of aromatic carboxylic acids is 1. The molecule has 3 amide bonds. The third-order valence-corrected chi connectivity index (χ3v) is 4.21. The lowest BCUT2D eigenvalue weighted by Gasteiger charge is -2.11. The molecule has 2 aromatic carbocycles. The number of benzene rings is 2. The van der Waals surface area contributed by atoms with Crippen molar-refractivity contribution in [2.24, 2.45) is 0 Å². The molecule has 0 aliphatic carbocycles. The van der Waals surface area contributed by atoms with Crippen LogP contribution in [0.2, 0.25) is 0 Å². The van der Waals surface area contributed by atoms with E-state index < -0.39 is 17.9 Å². The largest absolute Gasteiger partial charge is 0.478 e. The van der Waals surface area contributed by atoms with Gasteiger partial charge in [0, 0.05) is 4.47 Å². The van der Waals surface area contributed by atoms with Crippen molar-refractivity contribution >= 4 is 39.9 Å². The lowest BCUT2D eigenvalue weighted by Crippen LogP contribution is -2.30. The van der Waals surface area contributed by atoms with Crippen LogP contribution in [-0.2, 0) is 11.3 Å². The molecule has 1 fully saturated rings. The van der Waals surface area contributed by atoms with Gasteiger partial charge in [0.15, 0.2) is 0 Å². The SMILES string of the molecule is O=C(O)c1ccc(C=C2NC(=O)N(Cc3ccc(Br)cc3)C2=O)cc1. The number of nitrogens with zero attached hydrogens (tertiary/aromatic N) is 1. The highest BCUT2D eigenvalue weighted by atomic mass is 79.9. The molecule has 7 heteroatoms. The van der Waals surface area contributed by atoms with Gasteiger partial charge in [-0.15, -0.1) is 0 Å². The minimum absolute atomic E-state index is 0.154. The van der Waals surface area contributed by atoms with Crippen molar-refractivity contribution in [1.29, 1.82) is 0 Å². The molecule has 0 spiro atoms. The van der Waals surface area contributed by atoms with Crippen LogP contribution in [0.5, 0.6) is 0 Å². The second-order valence-corrected chi connectivity index (χ2v) is 6.35. The van der Waals surface area contributed by atoms with Crippen LogP contribution in [0.25, 0.3) is 6.08 Å². The van der Waals surface area contributed by atoms with Crippen molar-refractivity contribution in [3.05, 3.63) is 75.4 Å². The van der Waals surface area contributed by atoms with Gasteiger partial charge in [0.05, 0.1) is 12.1 Å². The second kappa shape index (κ2) is 6.90. The Kier molecular flexibility index (Phi) is 4.67. The van der Waals surface area contributed by atoms with Crippen molar-refractivity contribution in [3.8, 4) is 0 Å². The van der Waals surface area contributed by atoms with E-state index in [1.54, 1.807) is 12.1 Å². The number of halogens is 1. The fourth-order valence-electron chi connectivity index (χ4n) is 2.38. The number of amides is 3. The zero-order valence-corrected chi connectivity index (χ0v) is 14.5. The molecule has 0 aromatic heterocycles. The molecule has 0 unspecified atom stereocenters. The van der Waals surface area contributed by atoms with E-state index in [0.717, 1.165) is 14.9 Å². The van der Waals surface area contributed by atoms with Gasteiger partial charge in [-0.05, 0) is 41.5 Å². The average molecular weight is 401 g/mol.